The van der Waals surface area contributed by atoms with E-state index in [1.165, 1.54) is 24.3 Å². The topological polar surface area (TPSA) is 20.2 Å². The van der Waals surface area contributed by atoms with Crippen LogP contribution >= 0.6 is 27.5 Å². The van der Waals surface area contributed by atoms with E-state index in [-0.39, 0.29) is 17.3 Å². The fraction of sp³-hybridized carbons (Fsp3) is 0.143. The number of benzene rings is 2. The molecule has 2 rings (SSSR count). The molecule has 0 heterocycles. The van der Waals surface area contributed by atoms with Gasteiger partial charge in [-0.25, -0.2) is 8.78 Å². The molecule has 1 atom stereocenters. The molecule has 1 unspecified atom stereocenters. The number of aliphatic hydroxyl groups excluding tert-OH is 1. The zero-order valence-electron chi connectivity index (χ0n) is 9.71. The summed E-state index contributed by atoms with van der Waals surface area (Å²) in [4.78, 5) is 0. The lowest BCUT2D eigenvalue weighted by atomic mass is 10.0. The zero-order valence-corrected chi connectivity index (χ0v) is 12.0. The Bertz CT molecular complexity index is 604. The monoisotopic (exact) mass is 346 g/mol. The highest BCUT2D eigenvalue weighted by molar-refractivity contribution is 9.10. The van der Waals surface area contributed by atoms with Gasteiger partial charge in [-0.3, -0.25) is 0 Å². The van der Waals surface area contributed by atoms with Crippen molar-refractivity contribution in [3.8, 4) is 0 Å². The molecular weight excluding hydrogens is 338 g/mol. The van der Waals surface area contributed by atoms with E-state index < -0.39 is 11.9 Å². The molecule has 1 N–H and O–H groups in total. The number of aliphatic hydroxyl groups is 1. The molecule has 0 aromatic heterocycles. The van der Waals surface area contributed by atoms with Crippen molar-refractivity contribution >= 4 is 27.5 Å². The minimum absolute atomic E-state index is 0.172. The Kier molecular flexibility index (Phi) is 4.55. The minimum Gasteiger partial charge on any atom is -0.388 e. The van der Waals surface area contributed by atoms with Crippen LogP contribution in [0.15, 0.2) is 40.9 Å². The van der Waals surface area contributed by atoms with E-state index in [1.807, 2.05) is 0 Å². The van der Waals surface area contributed by atoms with Crippen molar-refractivity contribution in [1.29, 1.82) is 0 Å². The third kappa shape index (κ3) is 3.53. The van der Waals surface area contributed by atoms with Gasteiger partial charge in [0.2, 0.25) is 0 Å². The second-order valence-electron chi connectivity index (χ2n) is 4.12. The Morgan fingerprint density at radius 1 is 1.11 bits per heavy atom. The number of halogens is 4. The van der Waals surface area contributed by atoms with Crippen LogP contribution in [0.1, 0.15) is 17.2 Å². The predicted octanol–water partition coefficient (Wildman–Crippen LogP) is 4.66. The number of hydrogen-bond donors (Lipinski definition) is 1. The van der Waals surface area contributed by atoms with Crippen LogP contribution in [0.4, 0.5) is 8.78 Å². The van der Waals surface area contributed by atoms with Crippen molar-refractivity contribution in [3.05, 3.63) is 68.7 Å². The second kappa shape index (κ2) is 5.99. The molecule has 0 radical (unpaired) electrons. The van der Waals surface area contributed by atoms with Gasteiger partial charge in [-0.15, -0.1) is 0 Å². The second-order valence-corrected chi connectivity index (χ2v) is 5.38. The first-order chi connectivity index (χ1) is 8.97. The molecule has 0 bridgehead atoms. The van der Waals surface area contributed by atoms with Crippen LogP contribution in [0.5, 0.6) is 0 Å². The molecule has 0 aliphatic rings. The fourth-order valence-electron chi connectivity index (χ4n) is 1.78. The van der Waals surface area contributed by atoms with Gasteiger partial charge < -0.3 is 5.11 Å². The van der Waals surface area contributed by atoms with Gasteiger partial charge in [0, 0.05) is 15.9 Å². The minimum atomic E-state index is -0.880. The van der Waals surface area contributed by atoms with Gasteiger partial charge in [0.25, 0.3) is 0 Å². The number of hydrogen-bond acceptors (Lipinski definition) is 1. The van der Waals surface area contributed by atoms with Gasteiger partial charge >= 0.3 is 0 Å². The molecule has 2 aromatic rings. The third-order valence-corrected chi connectivity index (χ3v) is 3.82. The summed E-state index contributed by atoms with van der Waals surface area (Å²) in [7, 11) is 0. The summed E-state index contributed by atoms with van der Waals surface area (Å²) in [6, 6.07) is 8.07. The van der Waals surface area contributed by atoms with Crippen LogP contribution in [0.25, 0.3) is 0 Å². The van der Waals surface area contributed by atoms with Crippen molar-refractivity contribution < 1.29 is 13.9 Å². The fourth-order valence-corrected chi connectivity index (χ4v) is 2.58. The average molecular weight is 348 g/mol. The van der Waals surface area contributed by atoms with Gasteiger partial charge in [-0.05, 0) is 35.4 Å². The standard InChI is InChI=1S/C14H10BrClF2O/c15-12-6-9(17)2-1-8(12)5-14(19)11-4-3-10(18)7-13(11)16/h1-4,6-7,14,19H,5H2. The van der Waals surface area contributed by atoms with Crippen LogP contribution in [0.3, 0.4) is 0 Å². The lowest BCUT2D eigenvalue weighted by molar-refractivity contribution is 0.178. The molecule has 0 saturated heterocycles. The summed E-state index contributed by atoms with van der Waals surface area (Å²) in [5.41, 5.74) is 1.19. The SMILES string of the molecule is OC(Cc1ccc(F)cc1Br)c1ccc(F)cc1Cl. The molecular formula is C14H10BrClF2O. The van der Waals surface area contributed by atoms with Crippen molar-refractivity contribution in [2.75, 3.05) is 0 Å². The summed E-state index contributed by atoms with van der Waals surface area (Å²) in [6.07, 6.45) is -0.624. The van der Waals surface area contributed by atoms with E-state index in [0.717, 1.165) is 11.6 Å². The van der Waals surface area contributed by atoms with Gasteiger partial charge in [-0.2, -0.15) is 0 Å². The van der Waals surface area contributed by atoms with Crippen LogP contribution in [-0.2, 0) is 6.42 Å². The maximum absolute atomic E-state index is 13.0. The van der Waals surface area contributed by atoms with E-state index in [0.29, 0.717) is 10.0 Å². The summed E-state index contributed by atoms with van der Waals surface area (Å²) in [5, 5.41) is 10.3. The summed E-state index contributed by atoms with van der Waals surface area (Å²) in [5.74, 6) is -0.811. The van der Waals surface area contributed by atoms with Crippen molar-refractivity contribution in [3.63, 3.8) is 0 Å². The van der Waals surface area contributed by atoms with Crippen LogP contribution in [0.2, 0.25) is 5.02 Å². The summed E-state index contributed by atoms with van der Waals surface area (Å²) < 4.78 is 26.5. The normalized spacial score (nSPS) is 12.5. The Labute approximate surface area is 123 Å². The molecule has 0 spiro atoms. The first-order valence-corrected chi connectivity index (χ1v) is 6.71. The van der Waals surface area contributed by atoms with Crippen LogP contribution in [-0.4, -0.2) is 5.11 Å². The van der Waals surface area contributed by atoms with Crippen molar-refractivity contribution in [2.24, 2.45) is 0 Å². The van der Waals surface area contributed by atoms with Gasteiger partial charge in [0.05, 0.1) is 6.10 Å². The first kappa shape index (κ1) is 14.4. The van der Waals surface area contributed by atoms with E-state index in [9.17, 15) is 13.9 Å². The first-order valence-electron chi connectivity index (χ1n) is 5.54. The highest BCUT2D eigenvalue weighted by Crippen LogP contribution is 2.29. The molecule has 5 heteroatoms. The van der Waals surface area contributed by atoms with E-state index >= 15 is 0 Å². The molecule has 0 aliphatic heterocycles. The van der Waals surface area contributed by atoms with Gasteiger partial charge in [0.1, 0.15) is 11.6 Å². The van der Waals surface area contributed by atoms with Crippen LogP contribution in [0, 0.1) is 11.6 Å². The maximum Gasteiger partial charge on any atom is 0.124 e. The Balaban J connectivity index is 2.23. The Morgan fingerprint density at radius 3 is 2.37 bits per heavy atom. The van der Waals surface area contributed by atoms with E-state index in [4.69, 9.17) is 11.6 Å². The Hall–Kier alpha value is -0.970. The number of rotatable bonds is 3. The lowest BCUT2D eigenvalue weighted by Gasteiger charge is -2.14. The quantitative estimate of drug-likeness (QED) is 0.856. The highest BCUT2D eigenvalue weighted by atomic mass is 79.9. The summed E-state index contributed by atoms with van der Waals surface area (Å²) >= 11 is 9.12. The Morgan fingerprint density at radius 2 is 1.74 bits per heavy atom. The largest absolute Gasteiger partial charge is 0.388 e. The van der Waals surface area contributed by atoms with E-state index in [1.54, 1.807) is 6.07 Å². The van der Waals surface area contributed by atoms with E-state index in [2.05, 4.69) is 15.9 Å². The average Bonchev–Trinajstić information content (AvgIpc) is 2.32. The molecule has 100 valence electrons. The van der Waals surface area contributed by atoms with Gasteiger partial charge in [0.15, 0.2) is 0 Å². The molecule has 2 aromatic carbocycles. The molecule has 0 fully saturated rings. The van der Waals surface area contributed by atoms with Gasteiger partial charge in [-0.1, -0.05) is 39.7 Å². The molecule has 1 nitrogen and oxygen atoms in total. The molecule has 0 saturated carbocycles. The smallest absolute Gasteiger partial charge is 0.124 e. The summed E-state index contributed by atoms with van der Waals surface area (Å²) in [6.45, 7) is 0. The molecule has 0 aliphatic carbocycles. The molecule has 0 amide bonds. The molecule has 19 heavy (non-hydrogen) atoms. The highest BCUT2D eigenvalue weighted by Gasteiger charge is 2.14. The van der Waals surface area contributed by atoms with Crippen molar-refractivity contribution in [2.45, 2.75) is 12.5 Å². The van der Waals surface area contributed by atoms with Crippen molar-refractivity contribution in [1.82, 2.24) is 0 Å². The third-order valence-electron chi connectivity index (χ3n) is 2.75. The van der Waals surface area contributed by atoms with Crippen LogP contribution < -0.4 is 0 Å². The lowest BCUT2D eigenvalue weighted by Crippen LogP contribution is -2.03. The zero-order chi connectivity index (χ0) is 14.0. The predicted molar refractivity (Wildman–Crippen MR) is 74.2 cm³/mol. The maximum atomic E-state index is 13.0.